The van der Waals surface area contributed by atoms with E-state index < -0.39 is 5.97 Å². The van der Waals surface area contributed by atoms with Gasteiger partial charge in [0.15, 0.2) is 16.7 Å². The Labute approximate surface area is 222 Å². The van der Waals surface area contributed by atoms with Crippen LogP contribution in [0.5, 0.6) is 11.5 Å². The van der Waals surface area contributed by atoms with Crippen LogP contribution in [0.1, 0.15) is 28.4 Å². The van der Waals surface area contributed by atoms with Crippen LogP contribution in [0.2, 0.25) is 5.02 Å². The van der Waals surface area contributed by atoms with Crippen molar-refractivity contribution in [1.82, 2.24) is 4.90 Å². The fourth-order valence-electron chi connectivity index (χ4n) is 3.54. The highest BCUT2D eigenvalue weighted by atomic mass is 35.5. The molecule has 190 valence electrons. The number of ether oxygens (including phenoxy) is 2. The largest absolute Gasteiger partial charge is 0.493 e. The molecule has 0 bridgehead atoms. The highest BCUT2D eigenvalue weighted by Gasteiger charge is 2.32. The van der Waals surface area contributed by atoms with Crippen molar-refractivity contribution in [3.63, 3.8) is 0 Å². The van der Waals surface area contributed by atoms with E-state index in [2.05, 4.69) is 4.99 Å². The maximum atomic E-state index is 14.0. The first kappa shape index (κ1) is 26.2. The molecular formula is C27H22ClFN2O5S. The van der Waals surface area contributed by atoms with Crippen molar-refractivity contribution < 1.29 is 28.6 Å². The van der Waals surface area contributed by atoms with Gasteiger partial charge in [-0.2, -0.15) is 0 Å². The van der Waals surface area contributed by atoms with Crippen molar-refractivity contribution in [2.45, 2.75) is 13.5 Å². The predicted molar refractivity (Wildman–Crippen MR) is 142 cm³/mol. The van der Waals surface area contributed by atoms with Gasteiger partial charge in [0.25, 0.3) is 5.91 Å². The SMILES string of the molecule is CCN1C(=O)C(=Cc2cc(Cl)c(OCc3ccccc3F)c(OC)c2)SC1=Nc1ccc(C(=O)O)cc1. The van der Waals surface area contributed by atoms with Crippen LogP contribution in [-0.2, 0) is 11.4 Å². The molecule has 0 aromatic heterocycles. The lowest BCUT2D eigenvalue weighted by Gasteiger charge is -2.14. The van der Waals surface area contributed by atoms with Gasteiger partial charge in [0, 0.05) is 12.1 Å². The van der Waals surface area contributed by atoms with Gasteiger partial charge in [-0.25, -0.2) is 14.2 Å². The zero-order valence-electron chi connectivity index (χ0n) is 19.9. The summed E-state index contributed by atoms with van der Waals surface area (Å²) < 4.78 is 25.2. The molecule has 0 radical (unpaired) electrons. The van der Waals surface area contributed by atoms with Crippen LogP contribution in [0, 0.1) is 5.82 Å². The van der Waals surface area contributed by atoms with Crippen LogP contribution in [0.4, 0.5) is 10.1 Å². The summed E-state index contributed by atoms with van der Waals surface area (Å²) >= 11 is 7.67. The first-order valence-corrected chi connectivity index (χ1v) is 12.4. The van der Waals surface area contributed by atoms with E-state index in [0.29, 0.717) is 39.2 Å². The van der Waals surface area contributed by atoms with E-state index in [9.17, 15) is 14.0 Å². The summed E-state index contributed by atoms with van der Waals surface area (Å²) in [7, 11) is 1.47. The number of nitrogens with zero attached hydrogens (tertiary/aromatic N) is 2. The van der Waals surface area contributed by atoms with E-state index in [1.54, 1.807) is 48.5 Å². The lowest BCUT2D eigenvalue weighted by atomic mass is 10.1. The average molecular weight is 541 g/mol. The Bertz CT molecular complexity index is 1410. The van der Waals surface area contributed by atoms with Crippen molar-refractivity contribution in [2.75, 3.05) is 13.7 Å². The molecule has 0 atom stereocenters. The summed E-state index contributed by atoms with van der Waals surface area (Å²) in [5, 5.41) is 9.80. The normalized spacial score (nSPS) is 15.5. The number of hydrogen-bond donors (Lipinski definition) is 1. The fraction of sp³-hybridized carbons (Fsp3) is 0.148. The Morgan fingerprint density at radius 3 is 2.57 bits per heavy atom. The molecule has 1 aliphatic rings. The number of thioether (sulfide) groups is 1. The molecule has 7 nitrogen and oxygen atoms in total. The van der Waals surface area contributed by atoms with Gasteiger partial charge in [-0.05, 0) is 72.8 Å². The number of halogens is 2. The molecule has 0 spiro atoms. The van der Waals surface area contributed by atoms with Gasteiger partial charge in [-0.3, -0.25) is 9.69 Å². The monoisotopic (exact) mass is 540 g/mol. The van der Waals surface area contributed by atoms with Crippen LogP contribution >= 0.6 is 23.4 Å². The van der Waals surface area contributed by atoms with Gasteiger partial charge in [-0.1, -0.05) is 29.8 Å². The first-order chi connectivity index (χ1) is 17.8. The lowest BCUT2D eigenvalue weighted by Crippen LogP contribution is -2.28. The standard InChI is InChI=1S/C27H22ClFN2O5S/c1-3-31-25(32)23(37-27(31)30-19-10-8-17(9-11-19)26(33)34)14-16-12-20(28)24(22(13-16)35-2)36-15-18-6-4-5-7-21(18)29/h4-14H,3,15H2,1-2H3,(H,33,34). The zero-order valence-corrected chi connectivity index (χ0v) is 21.5. The van der Waals surface area contributed by atoms with Crippen molar-refractivity contribution in [3.05, 3.63) is 93.1 Å². The number of carboxylic acids is 1. The molecule has 0 aliphatic carbocycles. The third-order valence-corrected chi connectivity index (χ3v) is 6.71. The van der Waals surface area contributed by atoms with E-state index in [1.165, 1.54) is 42.0 Å². The van der Waals surface area contributed by atoms with E-state index in [4.69, 9.17) is 26.2 Å². The van der Waals surface area contributed by atoms with Crippen LogP contribution in [0.3, 0.4) is 0 Å². The number of benzene rings is 3. The molecule has 10 heteroatoms. The lowest BCUT2D eigenvalue weighted by molar-refractivity contribution is -0.122. The smallest absolute Gasteiger partial charge is 0.335 e. The molecule has 4 rings (SSSR count). The summed E-state index contributed by atoms with van der Waals surface area (Å²) in [6.07, 6.45) is 1.68. The third kappa shape index (κ3) is 5.95. The molecule has 1 fully saturated rings. The first-order valence-electron chi connectivity index (χ1n) is 11.2. The summed E-state index contributed by atoms with van der Waals surface area (Å²) in [5.41, 5.74) is 1.67. The Hall–Kier alpha value is -3.82. The number of amides is 1. The highest BCUT2D eigenvalue weighted by Crippen LogP contribution is 2.39. The number of hydrogen-bond acceptors (Lipinski definition) is 6. The molecule has 3 aromatic carbocycles. The molecule has 37 heavy (non-hydrogen) atoms. The average Bonchev–Trinajstić information content (AvgIpc) is 3.17. The van der Waals surface area contributed by atoms with Gasteiger partial charge in [0.2, 0.25) is 0 Å². The molecule has 1 aliphatic heterocycles. The Balaban J connectivity index is 1.58. The van der Waals surface area contributed by atoms with Crippen LogP contribution in [0.25, 0.3) is 6.08 Å². The number of carboxylic acid groups (broad SMARTS) is 1. The quantitative estimate of drug-likeness (QED) is 0.333. The Kier molecular flexibility index (Phi) is 8.15. The number of aliphatic imine (C=N–C) groups is 1. The second kappa shape index (κ2) is 11.5. The zero-order chi connectivity index (χ0) is 26.5. The number of rotatable bonds is 8. The van der Waals surface area contributed by atoms with Gasteiger partial charge in [0.05, 0.1) is 28.3 Å². The molecule has 1 saturated heterocycles. The minimum Gasteiger partial charge on any atom is -0.493 e. The molecule has 3 aromatic rings. The van der Waals surface area contributed by atoms with Crippen LogP contribution in [0.15, 0.2) is 70.6 Å². The number of carbonyl (C=O) groups excluding carboxylic acids is 1. The maximum absolute atomic E-state index is 14.0. The molecule has 0 unspecified atom stereocenters. The van der Waals surface area contributed by atoms with Gasteiger partial charge in [0.1, 0.15) is 12.4 Å². The van der Waals surface area contributed by atoms with Crippen LogP contribution < -0.4 is 9.47 Å². The number of aromatic carboxylic acids is 1. The number of likely N-dealkylation sites (N-methyl/N-ethyl adjacent to an activating group) is 1. The number of amidine groups is 1. The second-order valence-corrected chi connectivity index (χ2v) is 9.24. The van der Waals surface area contributed by atoms with E-state index in [0.717, 1.165) is 0 Å². The third-order valence-electron chi connectivity index (χ3n) is 5.42. The van der Waals surface area contributed by atoms with Crippen molar-refractivity contribution in [3.8, 4) is 11.5 Å². The van der Waals surface area contributed by atoms with Gasteiger partial charge >= 0.3 is 5.97 Å². The van der Waals surface area contributed by atoms with E-state index in [1.807, 2.05) is 6.92 Å². The highest BCUT2D eigenvalue weighted by molar-refractivity contribution is 8.18. The van der Waals surface area contributed by atoms with Crippen molar-refractivity contribution in [2.24, 2.45) is 4.99 Å². The van der Waals surface area contributed by atoms with Crippen molar-refractivity contribution >= 4 is 52.2 Å². The fourth-order valence-corrected chi connectivity index (χ4v) is 4.88. The molecule has 1 N–H and O–H groups in total. The summed E-state index contributed by atoms with van der Waals surface area (Å²) in [6, 6.07) is 15.7. The number of methoxy groups -OCH3 is 1. The molecule has 0 saturated carbocycles. The second-order valence-electron chi connectivity index (χ2n) is 7.82. The van der Waals surface area contributed by atoms with E-state index in [-0.39, 0.29) is 34.7 Å². The van der Waals surface area contributed by atoms with E-state index >= 15 is 0 Å². The molecule has 1 heterocycles. The van der Waals surface area contributed by atoms with Crippen molar-refractivity contribution in [1.29, 1.82) is 0 Å². The topological polar surface area (TPSA) is 88.4 Å². The minimum absolute atomic E-state index is 0.0315. The van der Waals surface area contributed by atoms with Gasteiger partial charge < -0.3 is 14.6 Å². The maximum Gasteiger partial charge on any atom is 0.335 e. The number of carbonyl (C=O) groups is 2. The summed E-state index contributed by atoms with van der Waals surface area (Å²) in [6.45, 7) is 2.21. The Morgan fingerprint density at radius 1 is 1.19 bits per heavy atom. The summed E-state index contributed by atoms with van der Waals surface area (Å²) in [4.78, 5) is 30.6. The Morgan fingerprint density at radius 2 is 1.92 bits per heavy atom. The van der Waals surface area contributed by atoms with Gasteiger partial charge in [-0.15, -0.1) is 0 Å². The molecular weight excluding hydrogens is 519 g/mol. The van der Waals surface area contributed by atoms with Crippen LogP contribution in [-0.4, -0.2) is 40.7 Å². The predicted octanol–water partition coefficient (Wildman–Crippen LogP) is 6.39. The minimum atomic E-state index is -1.03. The molecule has 1 amide bonds. The summed E-state index contributed by atoms with van der Waals surface area (Å²) in [5.74, 6) is -1.02.